The summed E-state index contributed by atoms with van der Waals surface area (Å²) in [5, 5.41) is 9.44. The number of rotatable bonds is 3. The van der Waals surface area contributed by atoms with E-state index in [9.17, 15) is 13.9 Å². The van der Waals surface area contributed by atoms with E-state index < -0.39 is 18.4 Å². The van der Waals surface area contributed by atoms with Crippen LogP contribution in [0.5, 0.6) is 0 Å². The SMILES string of the molecule is CC(F)(F)CC(O)c1cc(Br)c(Cl)s1. The van der Waals surface area contributed by atoms with Crippen LogP contribution in [0, 0.1) is 0 Å². The Balaban J connectivity index is 2.75. The minimum Gasteiger partial charge on any atom is -0.387 e. The van der Waals surface area contributed by atoms with Crippen molar-refractivity contribution in [2.24, 2.45) is 0 Å². The summed E-state index contributed by atoms with van der Waals surface area (Å²) in [7, 11) is 0. The van der Waals surface area contributed by atoms with Crippen molar-refractivity contribution in [3.8, 4) is 0 Å². The first kappa shape index (κ1) is 12.4. The minimum absolute atomic E-state index is 0.448. The quantitative estimate of drug-likeness (QED) is 0.885. The van der Waals surface area contributed by atoms with Gasteiger partial charge in [0.1, 0.15) is 4.34 Å². The van der Waals surface area contributed by atoms with Gasteiger partial charge in [-0.2, -0.15) is 0 Å². The largest absolute Gasteiger partial charge is 0.387 e. The smallest absolute Gasteiger partial charge is 0.248 e. The number of halogens is 4. The second-order valence-corrected chi connectivity index (χ2v) is 5.60. The van der Waals surface area contributed by atoms with Crippen molar-refractivity contribution in [2.45, 2.75) is 25.4 Å². The average molecular weight is 306 g/mol. The lowest BCUT2D eigenvalue weighted by atomic mass is 10.1. The molecule has 1 N–H and O–H groups in total. The van der Waals surface area contributed by atoms with Gasteiger partial charge in [-0.25, -0.2) is 8.78 Å². The fraction of sp³-hybridized carbons (Fsp3) is 0.500. The lowest BCUT2D eigenvalue weighted by molar-refractivity contribution is -0.0275. The Bertz CT molecular complexity index is 304. The summed E-state index contributed by atoms with van der Waals surface area (Å²) in [6.45, 7) is 0.778. The summed E-state index contributed by atoms with van der Waals surface area (Å²) in [5.74, 6) is -2.87. The Morgan fingerprint density at radius 1 is 1.71 bits per heavy atom. The Kier molecular flexibility index (Phi) is 3.91. The molecule has 0 aliphatic carbocycles. The summed E-state index contributed by atoms with van der Waals surface area (Å²) in [6.07, 6.45) is -1.75. The molecule has 1 aromatic heterocycles. The van der Waals surface area contributed by atoms with Gasteiger partial charge in [0.05, 0.1) is 6.10 Å². The highest BCUT2D eigenvalue weighted by Crippen LogP contribution is 2.38. The summed E-state index contributed by atoms with van der Waals surface area (Å²) in [6, 6.07) is 1.56. The van der Waals surface area contributed by atoms with Gasteiger partial charge in [0, 0.05) is 15.8 Å². The molecule has 0 saturated heterocycles. The van der Waals surface area contributed by atoms with Gasteiger partial charge in [-0.1, -0.05) is 11.6 Å². The van der Waals surface area contributed by atoms with Gasteiger partial charge in [0.25, 0.3) is 0 Å². The van der Waals surface area contributed by atoms with Crippen LogP contribution in [0.1, 0.15) is 24.3 Å². The number of aliphatic hydroxyl groups is 1. The molecule has 1 atom stereocenters. The molecule has 1 nitrogen and oxygen atoms in total. The highest BCUT2D eigenvalue weighted by atomic mass is 79.9. The molecule has 6 heteroatoms. The third-order valence-corrected chi connectivity index (χ3v) is 4.12. The average Bonchev–Trinajstić information content (AvgIpc) is 2.28. The van der Waals surface area contributed by atoms with Crippen LogP contribution >= 0.6 is 38.9 Å². The molecule has 0 bridgehead atoms. The van der Waals surface area contributed by atoms with E-state index in [0.717, 1.165) is 18.3 Å². The molecule has 0 fully saturated rings. The molecule has 0 spiro atoms. The van der Waals surface area contributed by atoms with Crippen molar-refractivity contribution in [2.75, 3.05) is 0 Å². The molecule has 1 aromatic rings. The van der Waals surface area contributed by atoms with Crippen molar-refractivity contribution >= 4 is 38.9 Å². The zero-order valence-corrected chi connectivity index (χ0v) is 10.4. The van der Waals surface area contributed by atoms with Gasteiger partial charge in [0.15, 0.2) is 0 Å². The highest BCUT2D eigenvalue weighted by Gasteiger charge is 2.27. The molecule has 0 aliphatic rings. The third kappa shape index (κ3) is 3.46. The van der Waals surface area contributed by atoms with E-state index in [0.29, 0.717) is 13.7 Å². The van der Waals surface area contributed by atoms with Crippen LogP contribution in [0.2, 0.25) is 4.34 Å². The fourth-order valence-corrected chi connectivity index (χ4v) is 2.69. The van der Waals surface area contributed by atoms with E-state index in [1.165, 1.54) is 0 Å². The predicted molar refractivity (Wildman–Crippen MR) is 57.2 cm³/mol. The Hall–Kier alpha value is 0.290. The molecular formula is C8H8BrClF2OS. The van der Waals surface area contributed by atoms with Crippen molar-refractivity contribution in [3.63, 3.8) is 0 Å². The van der Waals surface area contributed by atoms with Crippen LogP contribution < -0.4 is 0 Å². The topological polar surface area (TPSA) is 20.2 Å². The number of alkyl halides is 2. The van der Waals surface area contributed by atoms with Crippen LogP contribution in [-0.4, -0.2) is 11.0 Å². The molecule has 1 rings (SSSR count). The maximum Gasteiger partial charge on any atom is 0.248 e. The second kappa shape index (κ2) is 4.43. The first-order chi connectivity index (χ1) is 6.29. The van der Waals surface area contributed by atoms with Gasteiger partial charge in [-0.05, 0) is 28.9 Å². The lowest BCUT2D eigenvalue weighted by Crippen LogP contribution is -2.14. The summed E-state index contributed by atoms with van der Waals surface area (Å²) < 4.78 is 26.2. The van der Waals surface area contributed by atoms with E-state index in [2.05, 4.69) is 15.9 Å². The van der Waals surface area contributed by atoms with Crippen LogP contribution in [0.3, 0.4) is 0 Å². The van der Waals surface area contributed by atoms with Crippen LogP contribution in [0.15, 0.2) is 10.5 Å². The highest BCUT2D eigenvalue weighted by molar-refractivity contribution is 9.10. The van der Waals surface area contributed by atoms with Gasteiger partial charge >= 0.3 is 0 Å². The third-order valence-electron chi connectivity index (χ3n) is 1.54. The van der Waals surface area contributed by atoms with E-state index in [1.807, 2.05) is 0 Å². The van der Waals surface area contributed by atoms with E-state index in [-0.39, 0.29) is 0 Å². The van der Waals surface area contributed by atoms with Gasteiger partial charge in [-0.3, -0.25) is 0 Å². The molecule has 1 heterocycles. The lowest BCUT2D eigenvalue weighted by Gasteiger charge is -2.14. The van der Waals surface area contributed by atoms with E-state index in [4.69, 9.17) is 11.6 Å². The fourth-order valence-electron chi connectivity index (χ4n) is 0.968. The Morgan fingerprint density at radius 2 is 2.29 bits per heavy atom. The van der Waals surface area contributed by atoms with Crippen LogP contribution in [-0.2, 0) is 0 Å². The maximum absolute atomic E-state index is 12.6. The van der Waals surface area contributed by atoms with Crippen LogP contribution in [0.25, 0.3) is 0 Å². The molecule has 0 saturated carbocycles. The monoisotopic (exact) mass is 304 g/mol. The number of hydrogen-bond acceptors (Lipinski definition) is 2. The molecule has 0 aromatic carbocycles. The van der Waals surface area contributed by atoms with Crippen molar-refractivity contribution in [1.82, 2.24) is 0 Å². The number of thiophene rings is 1. The second-order valence-electron chi connectivity index (χ2n) is 3.06. The molecule has 1 unspecified atom stereocenters. The normalized spacial score (nSPS) is 14.4. The van der Waals surface area contributed by atoms with Gasteiger partial charge in [-0.15, -0.1) is 11.3 Å². The molecular weight excluding hydrogens is 298 g/mol. The van der Waals surface area contributed by atoms with Crippen molar-refractivity contribution in [1.29, 1.82) is 0 Å². The maximum atomic E-state index is 12.6. The van der Waals surface area contributed by atoms with Gasteiger partial charge in [0.2, 0.25) is 5.92 Å². The van der Waals surface area contributed by atoms with Crippen molar-refractivity contribution in [3.05, 3.63) is 19.8 Å². The number of aliphatic hydroxyl groups excluding tert-OH is 1. The van der Waals surface area contributed by atoms with Crippen molar-refractivity contribution < 1.29 is 13.9 Å². The van der Waals surface area contributed by atoms with E-state index >= 15 is 0 Å². The Labute approximate surface area is 97.8 Å². The number of hydrogen-bond donors (Lipinski definition) is 1. The zero-order valence-electron chi connectivity index (χ0n) is 7.23. The first-order valence-electron chi connectivity index (χ1n) is 3.80. The Morgan fingerprint density at radius 3 is 2.64 bits per heavy atom. The molecule has 0 amide bonds. The van der Waals surface area contributed by atoms with Gasteiger partial charge < -0.3 is 5.11 Å². The standard InChI is InChI=1S/C8H8BrClF2OS/c1-8(11,12)3-5(13)6-2-4(9)7(10)14-6/h2,5,13H,3H2,1H3. The van der Waals surface area contributed by atoms with E-state index in [1.54, 1.807) is 6.07 Å². The summed E-state index contributed by atoms with van der Waals surface area (Å²) in [5.41, 5.74) is 0. The molecule has 0 radical (unpaired) electrons. The molecule has 0 aliphatic heterocycles. The zero-order chi connectivity index (χ0) is 10.9. The first-order valence-corrected chi connectivity index (χ1v) is 5.79. The minimum atomic E-state index is -2.87. The van der Waals surface area contributed by atoms with Crippen LogP contribution in [0.4, 0.5) is 8.78 Å². The molecule has 80 valence electrons. The molecule has 14 heavy (non-hydrogen) atoms. The predicted octanol–water partition coefficient (Wildman–Crippen LogP) is 4.24. The summed E-state index contributed by atoms with van der Waals surface area (Å²) in [4.78, 5) is 0.448. The summed E-state index contributed by atoms with van der Waals surface area (Å²) >= 11 is 9.96.